The molecule has 0 saturated carbocycles. The average molecular weight is 293 g/mol. The number of nitro groups is 1. The molecule has 0 unspecified atom stereocenters. The SMILES string of the molecule is O=[N+]([O-])c1cccc(/C=C/C2=NN(c3ccccc3)CC2)c1. The van der Waals surface area contributed by atoms with Crippen LogP contribution < -0.4 is 5.01 Å². The third-order valence-corrected chi connectivity index (χ3v) is 3.43. The third-order valence-electron chi connectivity index (χ3n) is 3.43. The van der Waals surface area contributed by atoms with E-state index in [2.05, 4.69) is 5.10 Å². The first kappa shape index (κ1) is 14.0. The highest BCUT2D eigenvalue weighted by Crippen LogP contribution is 2.20. The van der Waals surface area contributed by atoms with E-state index in [1.54, 1.807) is 12.1 Å². The van der Waals surface area contributed by atoms with Crippen LogP contribution in [-0.2, 0) is 0 Å². The molecule has 0 aromatic heterocycles. The van der Waals surface area contributed by atoms with E-state index in [1.165, 1.54) is 6.07 Å². The zero-order valence-electron chi connectivity index (χ0n) is 11.9. The van der Waals surface area contributed by atoms with Crippen molar-refractivity contribution in [3.63, 3.8) is 0 Å². The van der Waals surface area contributed by atoms with Crippen molar-refractivity contribution in [3.8, 4) is 0 Å². The van der Waals surface area contributed by atoms with Crippen molar-refractivity contribution >= 4 is 23.2 Å². The van der Waals surface area contributed by atoms with Crippen LogP contribution >= 0.6 is 0 Å². The minimum Gasteiger partial charge on any atom is -0.265 e. The van der Waals surface area contributed by atoms with Gasteiger partial charge >= 0.3 is 0 Å². The Kier molecular flexibility index (Phi) is 3.96. The molecule has 3 rings (SSSR count). The van der Waals surface area contributed by atoms with Gasteiger partial charge in [0.2, 0.25) is 0 Å². The molecule has 5 heteroatoms. The quantitative estimate of drug-likeness (QED) is 0.635. The van der Waals surface area contributed by atoms with Crippen molar-refractivity contribution in [1.82, 2.24) is 0 Å². The fourth-order valence-electron chi connectivity index (χ4n) is 2.31. The number of nitro benzene ring substituents is 1. The minimum atomic E-state index is -0.387. The number of allylic oxidation sites excluding steroid dienone is 1. The largest absolute Gasteiger partial charge is 0.270 e. The van der Waals surface area contributed by atoms with Gasteiger partial charge in [0.1, 0.15) is 0 Å². The van der Waals surface area contributed by atoms with E-state index < -0.39 is 0 Å². The number of hydrogen-bond donors (Lipinski definition) is 0. The molecule has 5 nitrogen and oxygen atoms in total. The van der Waals surface area contributed by atoms with E-state index in [4.69, 9.17) is 0 Å². The summed E-state index contributed by atoms with van der Waals surface area (Å²) in [5.74, 6) is 0. The van der Waals surface area contributed by atoms with Crippen molar-refractivity contribution in [2.24, 2.45) is 5.10 Å². The molecule has 1 aliphatic heterocycles. The summed E-state index contributed by atoms with van der Waals surface area (Å²) in [4.78, 5) is 10.4. The molecule has 0 saturated heterocycles. The van der Waals surface area contributed by atoms with Crippen molar-refractivity contribution in [2.45, 2.75) is 6.42 Å². The fraction of sp³-hybridized carbons (Fsp3) is 0.118. The molecule has 110 valence electrons. The van der Waals surface area contributed by atoms with E-state index in [9.17, 15) is 10.1 Å². The van der Waals surface area contributed by atoms with Gasteiger partial charge in [-0.2, -0.15) is 5.10 Å². The molecule has 0 bridgehead atoms. The van der Waals surface area contributed by atoms with Gasteiger partial charge in [-0.15, -0.1) is 0 Å². The lowest BCUT2D eigenvalue weighted by molar-refractivity contribution is -0.384. The van der Waals surface area contributed by atoms with E-state index in [0.29, 0.717) is 0 Å². The Morgan fingerprint density at radius 3 is 2.68 bits per heavy atom. The van der Waals surface area contributed by atoms with Crippen molar-refractivity contribution in [2.75, 3.05) is 11.6 Å². The Morgan fingerprint density at radius 1 is 1.09 bits per heavy atom. The van der Waals surface area contributed by atoms with Crippen LogP contribution in [0, 0.1) is 10.1 Å². The maximum Gasteiger partial charge on any atom is 0.270 e. The summed E-state index contributed by atoms with van der Waals surface area (Å²) < 4.78 is 0. The lowest BCUT2D eigenvalue weighted by Gasteiger charge is -2.12. The highest BCUT2D eigenvalue weighted by atomic mass is 16.6. The number of benzene rings is 2. The smallest absolute Gasteiger partial charge is 0.265 e. The Morgan fingerprint density at radius 2 is 1.91 bits per heavy atom. The van der Waals surface area contributed by atoms with E-state index in [0.717, 1.165) is 29.9 Å². The van der Waals surface area contributed by atoms with Crippen LogP contribution in [0.1, 0.15) is 12.0 Å². The second-order valence-corrected chi connectivity index (χ2v) is 4.99. The van der Waals surface area contributed by atoms with Crippen LogP contribution in [0.2, 0.25) is 0 Å². The van der Waals surface area contributed by atoms with E-state index in [1.807, 2.05) is 53.6 Å². The molecule has 0 aliphatic carbocycles. The maximum absolute atomic E-state index is 10.8. The topological polar surface area (TPSA) is 58.7 Å². The van der Waals surface area contributed by atoms with E-state index in [-0.39, 0.29) is 10.6 Å². The Labute approximate surface area is 128 Å². The van der Waals surface area contributed by atoms with Crippen molar-refractivity contribution in [1.29, 1.82) is 0 Å². The van der Waals surface area contributed by atoms with Gasteiger partial charge in [0.05, 0.1) is 16.3 Å². The van der Waals surface area contributed by atoms with Crippen LogP contribution in [0.5, 0.6) is 0 Å². The van der Waals surface area contributed by atoms with Crippen LogP contribution in [0.3, 0.4) is 0 Å². The molecule has 2 aromatic rings. The van der Waals surface area contributed by atoms with Gasteiger partial charge in [-0.3, -0.25) is 15.1 Å². The summed E-state index contributed by atoms with van der Waals surface area (Å²) in [6.45, 7) is 0.846. The second-order valence-electron chi connectivity index (χ2n) is 4.99. The van der Waals surface area contributed by atoms with Gasteiger partial charge in [0, 0.05) is 25.1 Å². The third kappa shape index (κ3) is 3.20. The van der Waals surface area contributed by atoms with E-state index >= 15 is 0 Å². The van der Waals surface area contributed by atoms with Gasteiger partial charge in [0.25, 0.3) is 5.69 Å². The first-order valence-corrected chi connectivity index (χ1v) is 7.05. The van der Waals surface area contributed by atoms with Crippen LogP contribution in [0.4, 0.5) is 11.4 Å². The molecular formula is C17H15N3O2. The van der Waals surface area contributed by atoms with Crippen LogP contribution in [0.15, 0.2) is 65.8 Å². The maximum atomic E-state index is 10.8. The molecule has 0 N–H and O–H groups in total. The number of para-hydroxylation sites is 1. The number of rotatable bonds is 4. The van der Waals surface area contributed by atoms with Gasteiger partial charge in [-0.25, -0.2) is 0 Å². The van der Waals surface area contributed by atoms with Crippen LogP contribution in [-0.4, -0.2) is 17.2 Å². The van der Waals surface area contributed by atoms with Crippen molar-refractivity contribution in [3.05, 3.63) is 76.4 Å². The Bertz CT molecular complexity index is 739. The highest BCUT2D eigenvalue weighted by molar-refractivity contribution is 6.00. The summed E-state index contributed by atoms with van der Waals surface area (Å²) in [6, 6.07) is 16.6. The lowest BCUT2D eigenvalue weighted by Crippen LogP contribution is -2.11. The summed E-state index contributed by atoms with van der Waals surface area (Å²) in [5, 5.41) is 17.3. The van der Waals surface area contributed by atoms with Gasteiger partial charge < -0.3 is 0 Å². The predicted octanol–water partition coefficient (Wildman–Crippen LogP) is 3.87. The standard InChI is InChI=1S/C17H15N3O2/c21-20(22)17-8-4-5-14(13-17)9-10-15-11-12-19(18-15)16-6-2-1-3-7-16/h1-10,13H,11-12H2/b10-9+. The molecule has 0 radical (unpaired) electrons. The normalized spacial score (nSPS) is 14.4. The van der Waals surface area contributed by atoms with Crippen molar-refractivity contribution < 1.29 is 4.92 Å². The molecule has 2 aromatic carbocycles. The molecule has 1 heterocycles. The minimum absolute atomic E-state index is 0.0985. The summed E-state index contributed by atoms with van der Waals surface area (Å²) in [7, 11) is 0. The molecule has 0 spiro atoms. The molecular weight excluding hydrogens is 278 g/mol. The van der Waals surface area contributed by atoms with Gasteiger partial charge in [-0.05, 0) is 23.8 Å². The zero-order valence-corrected chi connectivity index (χ0v) is 11.9. The lowest BCUT2D eigenvalue weighted by atomic mass is 10.1. The Balaban J connectivity index is 1.74. The second kappa shape index (κ2) is 6.22. The molecule has 0 amide bonds. The monoisotopic (exact) mass is 293 g/mol. The Hall–Kier alpha value is -2.95. The molecule has 1 aliphatic rings. The average Bonchev–Trinajstić information content (AvgIpc) is 3.03. The van der Waals surface area contributed by atoms with Gasteiger partial charge in [0.15, 0.2) is 0 Å². The summed E-state index contributed by atoms with van der Waals surface area (Å²) >= 11 is 0. The number of hydrogen-bond acceptors (Lipinski definition) is 4. The number of anilines is 1. The predicted molar refractivity (Wildman–Crippen MR) is 88.0 cm³/mol. The number of non-ortho nitro benzene ring substituents is 1. The summed E-state index contributed by atoms with van der Waals surface area (Å²) in [5.41, 5.74) is 2.94. The number of hydrazone groups is 1. The molecule has 22 heavy (non-hydrogen) atoms. The fourth-order valence-corrected chi connectivity index (χ4v) is 2.31. The van der Waals surface area contributed by atoms with Crippen LogP contribution in [0.25, 0.3) is 6.08 Å². The zero-order chi connectivity index (χ0) is 15.4. The molecule has 0 atom stereocenters. The first-order valence-electron chi connectivity index (χ1n) is 7.05. The summed E-state index contributed by atoms with van der Waals surface area (Å²) in [6.07, 6.45) is 4.64. The number of nitrogens with zero attached hydrogens (tertiary/aromatic N) is 3. The van der Waals surface area contributed by atoms with Gasteiger partial charge in [-0.1, -0.05) is 36.4 Å². The highest BCUT2D eigenvalue weighted by Gasteiger charge is 2.13. The molecule has 0 fully saturated rings. The first-order chi connectivity index (χ1) is 10.7.